The molecule has 0 aliphatic heterocycles. The van der Waals surface area contributed by atoms with Gasteiger partial charge in [0.1, 0.15) is 5.76 Å². The predicted octanol–water partition coefficient (Wildman–Crippen LogP) is 3.63. The maximum absolute atomic E-state index is 5.42. The van der Waals surface area contributed by atoms with Crippen LogP contribution in [0.15, 0.2) is 22.8 Å². The van der Waals surface area contributed by atoms with Gasteiger partial charge in [-0.2, -0.15) is 0 Å². The molecule has 1 aromatic rings. The SMILES string of the molecule is CCCCC(CC)C(Cc1ccco1)NC. The minimum atomic E-state index is 0.544. The summed E-state index contributed by atoms with van der Waals surface area (Å²) >= 11 is 0. The second-order valence-electron chi connectivity index (χ2n) is 4.49. The first-order chi connectivity index (χ1) is 7.81. The summed E-state index contributed by atoms with van der Waals surface area (Å²) in [7, 11) is 2.06. The van der Waals surface area contributed by atoms with Crippen molar-refractivity contribution in [3.8, 4) is 0 Å². The summed E-state index contributed by atoms with van der Waals surface area (Å²) in [5, 5.41) is 3.44. The highest BCUT2D eigenvalue weighted by molar-refractivity contribution is 5.01. The van der Waals surface area contributed by atoms with Crippen molar-refractivity contribution in [2.45, 2.75) is 52.0 Å². The first-order valence-corrected chi connectivity index (χ1v) is 6.51. The number of rotatable bonds is 8. The minimum Gasteiger partial charge on any atom is -0.469 e. The zero-order valence-corrected chi connectivity index (χ0v) is 10.8. The Kier molecular flexibility index (Phi) is 6.24. The van der Waals surface area contributed by atoms with Crippen LogP contribution in [0.1, 0.15) is 45.3 Å². The van der Waals surface area contributed by atoms with Crippen molar-refractivity contribution in [3.63, 3.8) is 0 Å². The summed E-state index contributed by atoms with van der Waals surface area (Å²) in [6, 6.07) is 4.58. The van der Waals surface area contributed by atoms with Crippen LogP contribution in [0.5, 0.6) is 0 Å². The maximum Gasteiger partial charge on any atom is 0.105 e. The molecule has 92 valence electrons. The van der Waals surface area contributed by atoms with Crippen LogP contribution in [-0.4, -0.2) is 13.1 Å². The molecule has 16 heavy (non-hydrogen) atoms. The number of furan rings is 1. The molecule has 0 spiro atoms. The minimum absolute atomic E-state index is 0.544. The first kappa shape index (κ1) is 13.3. The summed E-state index contributed by atoms with van der Waals surface area (Å²) in [5.74, 6) is 1.85. The largest absolute Gasteiger partial charge is 0.469 e. The molecule has 0 radical (unpaired) electrons. The molecule has 0 aromatic carbocycles. The zero-order valence-electron chi connectivity index (χ0n) is 10.8. The molecule has 0 amide bonds. The van der Waals surface area contributed by atoms with Gasteiger partial charge >= 0.3 is 0 Å². The van der Waals surface area contributed by atoms with Crippen LogP contribution in [-0.2, 0) is 6.42 Å². The van der Waals surface area contributed by atoms with E-state index >= 15 is 0 Å². The van der Waals surface area contributed by atoms with Gasteiger partial charge in [0.15, 0.2) is 0 Å². The molecule has 1 heterocycles. The normalized spacial score (nSPS) is 14.9. The standard InChI is InChI=1S/C14H25NO/c1-4-6-8-12(5-2)14(15-3)11-13-9-7-10-16-13/h7,9-10,12,14-15H,4-6,8,11H2,1-3H3. The third kappa shape index (κ3) is 4.01. The fourth-order valence-corrected chi connectivity index (χ4v) is 2.31. The lowest BCUT2D eigenvalue weighted by molar-refractivity contribution is 0.315. The number of likely N-dealkylation sites (N-methyl/N-ethyl adjacent to an activating group) is 1. The van der Waals surface area contributed by atoms with E-state index in [4.69, 9.17) is 4.42 Å². The van der Waals surface area contributed by atoms with Crippen LogP contribution in [0, 0.1) is 5.92 Å². The number of hydrogen-bond donors (Lipinski definition) is 1. The topological polar surface area (TPSA) is 25.2 Å². The van der Waals surface area contributed by atoms with Crippen LogP contribution in [0.2, 0.25) is 0 Å². The summed E-state index contributed by atoms with van der Waals surface area (Å²) in [6.07, 6.45) is 7.94. The molecule has 2 atom stereocenters. The van der Waals surface area contributed by atoms with E-state index in [1.165, 1.54) is 25.7 Å². The molecule has 0 saturated carbocycles. The van der Waals surface area contributed by atoms with Gasteiger partial charge in [-0.3, -0.25) is 0 Å². The van der Waals surface area contributed by atoms with Crippen molar-refractivity contribution in [2.24, 2.45) is 5.92 Å². The average molecular weight is 223 g/mol. The molecule has 1 N–H and O–H groups in total. The molecule has 2 nitrogen and oxygen atoms in total. The second kappa shape index (κ2) is 7.50. The van der Waals surface area contributed by atoms with Crippen molar-refractivity contribution in [3.05, 3.63) is 24.2 Å². The molecule has 0 saturated heterocycles. The summed E-state index contributed by atoms with van der Waals surface area (Å²) in [6.45, 7) is 4.54. The van der Waals surface area contributed by atoms with E-state index in [2.05, 4.69) is 32.3 Å². The Balaban J connectivity index is 2.49. The van der Waals surface area contributed by atoms with Gasteiger partial charge in [0, 0.05) is 12.5 Å². The van der Waals surface area contributed by atoms with Crippen molar-refractivity contribution >= 4 is 0 Å². The monoisotopic (exact) mass is 223 g/mol. The maximum atomic E-state index is 5.42. The lowest BCUT2D eigenvalue weighted by atomic mass is 9.89. The predicted molar refractivity (Wildman–Crippen MR) is 68.6 cm³/mol. The van der Waals surface area contributed by atoms with Gasteiger partial charge in [-0.1, -0.05) is 33.1 Å². The van der Waals surface area contributed by atoms with Crippen molar-refractivity contribution in [1.82, 2.24) is 5.32 Å². The molecule has 2 unspecified atom stereocenters. The van der Waals surface area contributed by atoms with Gasteiger partial charge in [-0.15, -0.1) is 0 Å². The van der Waals surface area contributed by atoms with Crippen molar-refractivity contribution < 1.29 is 4.42 Å². The molecule has 0 aliphatic carbocycles. The Hall–Kier alpha value is -0.760. The first-order valence-electron chi connectivity index (χ1n) is 6.51. The van der Waals surface area contributed by atoms with E-state index in [1.807, 2.05) is 6.07 Å². The fourth-order valence-electron chi connectivity index (χ4n) is 2.31. The Labute approximate surface area is 99.4 Å². The summed E-state index contributed by atoms with van der Waals surface area (Å²) < 4.78 is 5.42. The Morgan fingerprint density at radius 2 is 2.19 bits per heavy atom. The van der Waals surface area contributed by atoms with E-state index in [-0.39, 0.29) is 0 Å². The molecule has 1 rings (SSSR count). The van der Waals surface area contributed by atoms with Crippen LogP contribution in [0.3, 0.4) is 0 Å². The van der Waals surface area contributed by atoms with E-state index < -0.39 is 0 Å². The molecule has 0 fully saturated rings. The smallest absolute Gasteiger partial charge is 0.105 e. The van der Waals surface area contributed by atoms with Gasteiger partial charge < -0.3 is 9.73 Å². The lowest BCUT2D eigenvalue weighted by Gasteiger charge is -2.25. The van der Waals surface area contributed by atoms with Gasteiger partial charge in [0.25, 0.3) is 0 Å². The van der Waals surface area contributed by atoms with Gasteiger partial charge in [-0.05, 0) is 31.5 Å². The quantitative estimate of drug-likeness (QED) is 0.728. The van der Waals surface area contributed by atoms with Crippen LogP contribution >= 0.6 is 0 Å². The van der Waals surface area contributed by atoms with E-state index in [1.54, 1.807) is 6.26 Å². The zero-order chi connectivity index (χ0) is 11.8. The van der Waals surface area contributed by atoms with Crippen LogP contribution in [0.25, 0.3) is 0 Å². The second-order valence-corrected chi connectivity index (χ2v) is 4.49. The van der Waals surface area contributed by atoms with E-state index in [0.29, 0.717) is 6.04 Å². The van der Waals surface area contributed by atoms with Crippen LogP contribution in [0.4, 0.5) is 0 Å². The molecule has 1 aromatic heterocycles. The average Bonchev–Trinajstić information content (AvgIpc) is 2.81. The fraction of sp³-hybridized carbons (Fsp3) is 0.714. The van der Waals surface area contributed by atoms with Crippen molar-refractivity contribution in [2.75, 3.05) is 7.05 Å². The van der Waals surface area contributed by atoms with Gasteiger partial charge in [-0.25, -0.2) is 0 Å². The third-order valence-corrected chi connectivity index (χ3v) is 3.39. The van der Waals surface area contributed by atoms with Crippen LogP contribution < -0.4 is 5.32 Å². The van der Waals surface area contributed by atoms with E-state index in [0.717, 1.165) is 18.1 Å². The number of unbranched alkanes of at least 4 members (excludes halogenated alkanes) is 1. The van der Waals surface area contributed by atoms with E-state index in [9.17, 15) is 0 Å². The highest BCUT2D eigenvalue weighted by Crippen LogP contribution is 2.20. The molecular formula is C14H25NO. The molecular weight excluding hydrogens is 198 g/mol. The molecule has 0 bridgehead atoms. The Morgan fingerprint density at radius 1 is 1.38 bits per heavy atom. The highest BCUT2D eigenvalue weighted by Gasteiger charge is 2.19. The lowest BCUT2D eigenvalue weighted by Crippen LogP contribution is -2.35. The molecule has 0 aliphatic rings. The van der Waals surface area contributed by atoms with Gasteiger partial charge in [0.2, 0.25) is 0 Å². The summed E-state index contributed by atoms with van der Waals surface area (Å²) in [4.78, 5) is 0. The Bertz CT molecular complexity index is 256. The number of hydrogen-bond acceptors (Lipinski definition) is 2. The third-order valence-electron chi connectivity index (χ3n) is 3.39. The summed E-state index contributed by atoms with van der Waals surface area (Å²) in [5.41, 5.74) is 0. The Morgan fingerprint density at radius 3 is 2.69 bits per heavy atom. The highest BCUT2D eigenvalue weighted by atomic mass is 16.3. The molecule has 2 heteroatoms. The van der Waals surface area contributed by atoms with Gasteiger partial charge in [0.05, 0.1) is 6.26 Å². The van der Waals surface area contributed by atoms with Crippen molar-refractivity contribution in [1.29, 1.82) is 0 Å². The number of nitrogens with one attached hydrogen (secondary N) is 1.